The number of carbonyl (C=O) groups is 2. The molecule has 0 atom stereocenters. The highest BCUT2D eigenvalue weighted by atomic mass is 79.9. The molecule has 0 fully saturated rings. The minimum atomic E-state index is -0.287. The fraction of sp³-hybridized carbons (Fsp3) is 0.400. The highest BCUT2D eigenvalue weighted by molar-refractivity contribution is 9.10. The summed E-state index contributed by atoms with van der Waals surface area (Å²) in [5.41, 5.74) is 1.02. The van der Waals surface area contributed by atoms with E-state index in [-0.39, 0.29) is 11.8 Å². The van der Waals surface area contributed by atoms with Crippen LogP contribution in [0, 0.1) is 0 Å². The van der Waals surface area contributed by atoms with Crippen LogP contribution in [0.1, 0.15) is 43.6 Å². The van der Waals surface area contributed by atoms with Crippen molar-refractivity contribution in [3.05, 3.63) is 40.6 Å². The molecule has 0 spiro atoms. The molecule has 2 aromatic rings. The first-order valence-corrected chi connectivity index (χ1v) is 11.3. The summed E-state index contributed by atoms with van der Waals surface area (Å²) < 4.78 is 5.92. The van der Waals surface area contributed by atoms with Crippen molar-refractivity contribution in [2.75, 3.05) is 24.2 Å². The van der Waals surface area contributed by atoms with Crippen LogP contribution in [0.5, 0.6) is 5.75 Å². The molecular weight excluding hydrogens is 456 g/mol. The summed E-state index contributed by atoms with van der Waals surface area (Å²) in [6, 6.07) is 7.22. The van der Waals surface area contributed by atoms with Crippen molar-refractivity contribution in [3.8, 4) is 5.75 Å². The molecule has 0 radical (unpaired) electrons. The number of nitrogens with zero attached hydrogens (tertiary/aromatic N) is 2. The van der Waals surface area contributed by atoms with E-state index in [2.05, 4.69) is 43.5 Å². The fourth-order valence-corrected chi connectivity index (χ4v) is 3.37. The topological polar surface area (TPSA) is 93.2 Å². The number of hydrogen-bond donors (Lipinski definition) is 2. The first-order chi connectivity index (χ1) is 14.0. The molecule has 1 heterocycles. The van der Waals surface area contributed by atoms with E-state index in [0.717, 1.165) is 17.9 Å². The van der Waals surface area contributed by atoms with Crippen LogP contribution >= 0.6 is 27.7 Å². The predicted octanol–water partition coefficient (Wildman–Crippen LogP) is 4.29. The first-order valence-electron chi connectivity index (χ1n) is 9.49. The van der Waals surface area contributed by atoms with Gasteiger partial charge in [-0.3, -0.25) is 9.59 Å². The van der Waals surface area contributed by atoms with Crippen LogP contribution in [-0.2, 0) is 4.79 Å². The van der Waals surface area contributed by atoms with Gasteiger partial charge in [-0.1, -0.05) is 18.7 Å². The van der Waals surface area contributed by atoms with Gasteiger partial charge in [-0.25, -0.2) is 9.97 Å². The zero-order chi connectivity index (χ0) is 21.1. The van der Waals surface area contributed by atoms with E-state index in [0.29, 0.717) is 47.0 Å². The third kappa shape index (κ3) is 8.02. The highest BCUT2D eigenvalue weighted by Crippen LogP contribution is 2.19. The second-order valence-electron chi connectivity index (χ2n) is 6.06. The second kappa shape index (κ2) is 12.4. The van der Waals surface area contributed by atoms with Gasteiger partial charge in [0.2, 0.25) is 5.91 Å². The lowest BCUT2D eigenvalue weighted by Crippen LogP contribution is -2.27. The number of benzene rings is 1. The monoisotopic (exact) mass is 480 g/mol. The third-order valence-corrected chi connectivity index (χ3v) is 5.34. The van der Waals surface area contributed by atoms with Gasteiger partial charge in [0.1, 0.15) is 11.4 Å². The molecule has 156 valence electrons. The normalized spacial score (nSPS) is 10.4. The van der Waals surface area contributed by atoms with Gasteiger partial charge in [-0.05, 0) is 60.0 Å². The number of halogens is 1. The van der Waals surface area contributed by atoms with Gasteiger partial charge in [0, 0.05) is 30.6 Å². The van der Waals surface area contributed by atoms with Gasteiger partial charge in [-0.15, -0.1) is 0 Å². The van der Waals surface area contributed by atoms with Gasteiger partial charge >= 0.3 is 0 Å². The molecule has 0 saturated carbocycles. The Morgan fingerprint density at radius 2 is 1.97 bits per heavy atom. The summed E-state index contributed by atoms with van der Waals surface area (Å²) in [6.45, 7) is 4.97. The van der Waals surface area contributed by atoms with Crippen molar-refractivity contribution in [2.24, 2.45) is 0 Å². The summed E-state index contributed by atoms with van der Waals surface area (Å²) in [5, 5.41) is 6.21. The Morgan fingerprint density at radius 1 is 1.21 bits per heavy atom. The Labute approximate surface area is 183 Å². The van der Waals surface area contributed by atoms with E-state index in [1.807, 2.05) is 19.1 Å². The Bertz CT molecular complexity index is 818. The number of amides is 2. The third-order valence-electron chi connectivity index (χ3n) is 3.69. The van der Waals surface area contributed by atoms with E-state index in [9.17, 15) is 9.59 Å². The molecule has 0 aliphatic rings. The maximum atomic E-state index is 12.4. The number of rotatable bonds is 11. The van der Waals surface area contributed by atoms with Crippen LogP contribution in [0.25, 0.3) is 0 Å². The average molecular weight is 481 g/mol. The number of thioether (sulfide) groups is 1. The lowest BCUT2D eigenvalue weighted by atomic mass is 10.2. The minimum absolute atomic E-state index is 0.107. The molecule has 0 saturated heterocycles. The van der Waals surface area contributed by atoms with Crippen molar-refractivity contribution >= 4 is 45.2 Å². The number of anilines is 1. The molecule has 2 N–H and O–H groups in total. The Morgan fingerprint density at radius 3 is 2.66 bits per heavy atom. The van der Waals surface area contributed by atoms with Gasteiger partial charge < -0.3 is 15.4 Å². The molecule has 0 unspecified atom stereocenters. The molecule has 7 nitrogen and oxygen atoms in total. The zero-order valence-corrected chi connectivity index (χ0v) is 18.9. The summed E-state index contributed by atoms with van der Waals surface area (Å²) >= 11 is 4.83. The quantitative estimate of drug-likeness (QED) is 0.283. The van der Waals surface area contributed by atoms with Crippen molar-refractivity contribution in [1.29, 1.82) is 0 Å². The summed E-state index contributed by atoms with van der Waals surface area (Å²) in [4.78, 5) is 32.9. The Balaban J connectivity index is 1.75. The molecule has 9 heteroatoms. The lowest BCUT2D eigenvalue weighted by Gasteiger charge is -2.09. The van der Waals surface area contributed by atoms with Gasteiger partial charge in [0.15, 0.2) is 5.16 Å². The average Bonchev–Trinajstić information content (AvgIpc) is 2.72. The number of hydrogen-bond acceptors (Lipinski definition) is 6. The van der Waals surface area contributed by atoms with Crippen molar-refractivity contribution in [1.82, 2.24) is 15.3 Å². The van der Waals surface area contributed by atoms with E-state index < -0.39 is 0 Å². The maximum Gasteiger partial charge on any atom is 0.271 e. The SMILES string of the molecule is CCCSc1ncc(Br)c(C(=O)NCCCC(=O)Nc2ccc(OCC)cc2)n1. The van der Waals surface area contributed by atoms with Crippen molar-refractivity contribution < 1.29 is 14.3 Å². The number of ether oxygens (including phenoxy) is 1. The fourth-order valence-electron chi connectivity index (χ4n) is 2.33. The number of aromatic nitrogens is 2. The highest BCUT2D eigenvalue weighted by Gasteiger charge is 2.14. The van der Waals surface area contributed by atoms with E-state index >= 15 is 0 Å². The van der Waals surface area contributed by atoms with Crippen LogP contribution in [0.2, 0.25) is 0 Å². The smallest absolute Gasteiger partial charge is 0.271 e. The van der Waals surface area contributed by atoms with Crippen LogP contribution < -0.4 is 15.4 Å². The van der Waals surface area contributed by atoms with Gasteiger partial charge in [0.25, 0.3) is 5.91 Å². The van der Waals surface area contributed by atoms with Crippen LogP contribution in [0.4, 0.5) is 5.69 Å². The summed E-state index contributed by atoms with van der Waals surface area (Å²) in [6.07, 6.45) is 3.42. The van der Waals surface area contributed by atoms with E-state index in [1.54, 1.807) is 18.3 Å². The van der Waals surface area contributed by atoms with E-state index in [4.69, 9.17) is 4.74 Å². The largest absolute Gasteiger partial charge is 0.494 e. The molecule has 29 heavy (non-hydrogen) atoms. The lowest BCUT2D eigenvalue weighted by molar-refractivity contribution is -0.116. The molecule has 0 aliphatic heterocycles. The molecular formula is C20H25BrN4O3S. The first kappa shape index (κ1) is 23.2. The number of carbonyl (C=O) groups excluding carboxylic acids is 2. The summed E-state index contributed by atoms with van der Waals surface area (Å²) in [5.74, 6) is 1.27. The molecule has 0 aliphatic carbocycles. The minimum Gasteiger partial charge on any atom is -0.494 e. The maximum absolute atomic E-state index is 12.4. The van der Waals surface area contributed by atoms with Crippen LogP contribution in [-0.4, -0.2) is 40.7 Å². The van der Waals surface area contributed by atoms with Gasteiger partial charge in [-0.2, -0.15) is 0 Å². The predicted molar refractivity (Wildman–Crippen MR) is 119 cm³/mol. The van der Waals surface area contributed by atoms with Crippen LogP contribution in [0.15, 0.2) is 40.1 Å². The number of nitrogens with one attached hydrogen (secondary N) is 2. The molecule has 2 rings (SSSR count). The van der Waals surface area contributed by atoms with E-state index in [1.165, 1.54) is 11.8 Å². The van der Waals surface area contributed by atoms with Crippen molar-refractivity contribution in [3.63, 3.8) is 0 Å². The zero-order valence-electron chi connectivity index (χ0n) is 16.5. The van der Waals surface area contributed by atoms with Gasteiger partial charge in [0.05, 0.1) is 11.1 Å². The molecule has 1 aromatic heterocycles. The standard InChI is InChI=1S/C20H25BrN4O3S/c1-3-12-29-20-23-13-16(21)18(25-20)19(27)22-11-5-6-17(26)24-14-7-9-15(10-8-14)28-4-2/h7-10,13H,3-6,11-12H2,1-2H3,(H,22,27)(H,24,26). The Hall–Kier alpha value is -2.13. The van der Waals surface area contributed by atoms with Crippen LogP contribution in [0.3, 0.4) is 0 Å². The molecule has 1 aromatic carbocycles. The second-order valence-corrected chi connectivity index (χ2v) is 7.98. The molecule has 2 amide bonds. The summed E-state index contributed by atoms with van der Waals surface area (Å²) in [7, 11) is 0. The van der Waals surface area contributed by atoms with Crippen molar-refractivity contribution in [2.45, 2.75) is 38.3 Å². The molecule has 0 bridgehead atoms. The Kier molecular flexibility index (Phi) is 9.93.